The van der Waals surface area contributed by atoms with E-state index in [0.29, 0.717) is 12.8 Å². The third kappa shape index (κ3) is 1.36. The number of ether oxygens (including phenoxy) is 1. The molecule has 3 nitrogen and oxygen atoms in total. The van der Waals surface area contributed by atoms with E-state index in [4.69, 9.17) is 0 Å². The standard InChI is InChI=1S/C9H14O3/c1-6(10)7-4-9(2,5-7)8(11)12-3/h7H,4-5H2,1-3H3. The summed E-state index contributed by atoms with van der Waals surface area (Å²) in [5.74, 6) is 0.0606. The van der Waals surface area contributed by atoms with Crippen LogP contribution in [0, 0.1) is 11.3 Å². The first kappa shape index (κ1) is 9.23. The van der Waals surface area contributed by atoms with E-state index in [-0.39, 0.29) is 17.7 Å². The number of carbonyl (C=O) groups excluding carboxylic acids is 2. The summed E-state index contributed by atoms with van der Waals surface area (Å²) in [4.78, 5) is 22.0. The molecule has 0 amide bonds. The van der Waals surface area contributed by atoms with Gasteiger partial charge in [-0.1, -0.05) is 0 Å². The van der Waals surface area contributed by atoms with Crippen LogP contribution in [0.1, 0.15) is 26.7 Å². The van der Waals surface area contributed by atoms with E-state index in [2.05, 4.69) is 4.74 Å². The second-order valence-corrected chi connectivity index (χ2v) is 3.77. The zero-order valence-corrected chi connectivity index (χ0v) is 7.72. The summed E-state index contributed by atoms with van der Waals surface area (Å²) in [5.41, 5.74) is -0.398. The van der Waals surface area contributed by atoms with E-state index in [1.165, 1.54) is 7.11 Å². The number of methoxy groups -OCH3 is 1. The van der Waals surface area contributed by atoms with Gasteiger partial charge in [0.05, 0.1) is 12.5 Å². The Morgan fingerprint density at radius 2 is 1.92 bits per heavy atom. The lowest BCUT2D eigenvalue weighted by Crippen LogP contribution is -2.44. The minimum Gasteiger partial charge on any atom is -0.469 e. The van der Waals surface area contributed by atoms with Crippen molar-refractivity contribution < 1.29 is 14.3 Å². The number of Topliss-reactive ketones (excluding diaryl/α,β-unsaturated/α-hetero) is 1. The minimum atomic E-state index is -0.398. The molecule has 1 aliphatic rings. The fourth-order valence-corrected chi connectivity index (χ4v) is 1.73. The SMILES string of the molecule is COC(=O)C1(C)CC(C(C)=O)C1. The summed E-state index contributed by atoms with van der Waals surface area (Å²) < 4.78 is 4.63. The van der Waals surface area contributed by atoms with Crippen LogP contribution in [-0.4, -0.2) is 18.9 Å². The molecule has 0 atom stereocenters. The Kier molecular flexibility index (Phi) is 2.22. The maximum absolute atomic E-state index is 11.2. The number of rotatable bonds is 2. The summed E-state index contributed by atoms with van der Waals surface area (Å²) in [6, 6.07) is 0. The zero-order chi connectivity index (χ0) is 9.35. The van der Waals surface area contributed by atoms with Crippen LogP contribution in [0.25, 0.3) is 0 Å². The summed E-state index contributed by atoms with van der Waals surface area (Å²) in [5, 5.41) is 0. The van der Waals surface area contributed by atoms with Crippen molar-refractivity contribution >= 4 is 11.8 Å². The van der Waals surface area contributed by atoms with Crippen LogP contribution in [-0.2, 0) is 14.3 Å². The quantitative estimate of drug-likeness (QED) is 0.584. The lowest BCUT2D eigenvalue weighted by molar-refractivity contribution is -0.161. The second kappa shape index (κ2) is 2.88. The molecule has 0 bridgehead atoms. The molecule has 0 spiro atoms. The molecule has 0 unspecified atom stereocenters. The fourth-order valence-electron chi connectivity index (χ4n) is 1.73. The third-order valence-corrected chi connectivity index (χ3v) is 2.65. The first-order valence-corrected chi connectivity index (χ1v) is 4.08. The third-order valence-electron chi connectivity index (χ3n) is 2.65. The van der Waals surface area contributed by atoms with Crippen molar-refractivity contribution in [3.63, 3.8) is 0 Å². The highest BCUT2D eigenvalue weighted by Crippen LogP contribution is 2.46. The van der Waals surface area contributed by atoms with Gasteiger partial charge in [0.1, 0.15) is 5.78 Å². The van der Waals surface area contributed by atoms with Crippen LogP contribution in [0.4, 0.5) is 0 Å². The molecule has 3 heteroatoms. The summed E-state index contributed by atoms with van der Waals surface area (Å²) in [6.07, 6.45) is 1.30. The molecule has 68 valence electrons. The van der Waals surface area contributed by atoms with Gasteiger partial charge < -0.3 is 4.74 Å². The van der Waals surface area contributed by atoms with Gasteiger partial charge in [0.15, 0.2) is 0 Å². The van der Waals surface area contributed by atoms with E-state index in [9.17, 15) is 9.59 Å². The van der Waals surface area contributed by atoms with Crippen molar-refractivity contribution in [2.45, 2.75) is 26.7 Å². The average molecular weight is 170 g/mol. The Morgan fingerprint density at radius 1 is 1.42 bits per heavy atom. The molecule has 1 rings (SSSR count). The Hall–Kier alpha value is -0.860. The predicted octanol–water partition coefficient (Wildman–Crippen LogP) is 1.16. The maximum atomic E-state index is 11.2. The molecular formula is C9H14O3. The van der Waals surface area contributed by atoms with E-state index in [0.717, 1.165) is 0 Å². The van der Waals surface area contributed by atoms with Gasteiger partial charge >= 0.3 is 5.97 Å². The van der Waals surface area contributed by atoms with Crippen LogP contribution in [0.2, 0.25) is 0 Å². The van der Waals surface area contributed by atoms with Crippen molar-refractivity contribution in [2.75, 3.05) is 7.11 Å². The molecule has 1 saturated carbocycles. The molecule has 0 aromatic rings. The molecule has 1 fully saturated rings. The molecule has 0 saturated heterocycles. The molecule has 1 aliphatic carbocycles. The van der Waals surface area contributed by atoms with Crippen LogP contribution in [0.3, 0.4) is 0 Å². The van der Waals surface area contributed by atoms with Crippen molar-refractivity contribution in [1.29, 1.82) is 0 Å². The monoisotopic (exact) mass is 170 g/mol. The zero-order valence-electron chi connectivity index (χ0n) is 7.72. The first-order chi connectivity index (χ1) is 5.49. The molecule has 0 N–H and O–H groups in total. The Balaban J connectivity index is 2.50. The number of hydrogen-bond donors (Lipinski definition) is 0. The smallest absolute Gasteiger partial charge is 0.311 e. The van der Waals surface area contributed by atoms with Crippen molar-refractivity contribution in [2.24, 2.45) is 11.3 Å². The summed E-state index contributed by atoms with van der Waals surface area (Å²) >= 11 is 0. The highest BCUT2D eigenvalue weighted by atomic mass is 16.5. The average Bonchev–Trinajstić information content (AvgIpc) is 1.96. The molecule has 0 aliphatic heterocycles. The maximum Gasteiger partial charge on any atom is 0.311 e. The molecule has 0 radical (unpaired) electrons. The lowest BCUT2D eigenvalue weighted by Gasteiger charge is -2.41. The van der Waals surface area contributed by atoms with Crippen molar-refractivity contribution in [1.82, 2.24) is 0 Å². The number of hydrogen-bond acceptors (Lipinski definition) is 3. The lowest BCUT2D eigenvalue weighted by atomic mass is 9.62. The van der Waals surface area contributed by atoms with Gasteiger partial charge in [-0.25, -0.2) is 0 Å². The van der Waals surface area contributed by atoms with E-state index in [1.807, 2.05) is 6.92 Å². The predicted molar refractivity (Wildman–Crippen MR) is 43.5 cm³/mol. The fraction of sp³-hybridized carbons (Fsp3) is 0.778. The highest BCUT2D eigenvalue weighted by Gasteiger charge is 2.48. The van der Waals surface area contributed by atoms with Crippen LogP contribution in [0.15, 0.2) is 0 Å². The van der Waals surface area contributed by atoms with E-state index < -0.39 is 5.41 Å². The molecule has 0 aromatic heterocycles. The van der Waals surface area contributed by atoms with Crippen molar-refractivity contribution in [3.8, 4) is 0 Å². The van der Waals surface area contributed by atoms with Gasteiger partial charge in [0.2, 0.25) is 0 Å². The van der Waals surface area contributed by atoms with Crippen molar-refractivity contribution in [3.05, 3.63) is 0 Å². The Morgan fingerprint density at radius 3 is 2.25 bits per heavy atom. The van der Waals surface area contributed by atoms with E-state index >= 15 is 0 Å². The largest absolute Gasteiger partial charge is 0.469 e. The summed E-state index contributed by atoms with van der Waals surface area (Å²) in [6.45, 7) is 3.42. The number of carbonyl (C=O) groups is 2. The van der Waals surface area contributed by atoms with Gasteiger partial charge in [0, 0.05) is 5.92 Å². The Labute approximate surface area is 72.1 Å². The molecule has 12 heavy (non-hydrogen) atoms. The number of esters is 1. The topological polar surface area (TPSA) is 43.4 Å². The van der Waals surface area contributed by atoms with Gasteiger partial charge in [-0.2, -0.15) is 0 Å². The van der Waals surface area contributed by atoms with Gasteiger partial charge in [-0.05, 0) is 26.7 Å². The second-order valence-electron chi connectivity index (χ2n) is 3.77. The van der Waals surface area contributed by atoms with Gasteiger partial charge in [0.25, 0.3) is 0 Å². The Bertz CT molecular complexity index is 214. The molecule has 0 heterocycles. The normalized spacial score (nSPS) is 33.8. The van der Waals surface area contributed by atoms with Gasteiger partial charge in [-0.15, -0.1) is 0 Å². The molecular weight excluding hydrogens is 156 g/mol. The minimum absolute atomic E-state index is 0.0779. The summed E-state index contributed by atoms with van der Waals surface area (Å²) in [7, 11) is 1.38. The van der Waals surface area contributed by atoms with E-state index in [1.54, 1.807) is 6.92 Å². The van der Waals surface area contributed by atoms with Gasteiger partial charge in [-0.3, -0.25) is 9.59 Å². The van der Waals surface area contributed by atoms with Crippen LogP contribution in [0.5, 0.6) is 0 Å². The molecule has 0 aromatic carbocycles. The highest BCUT2D eigenvalue weighted by molar-refractivity contribution is 5.85. The first-order valence-electron chi connectivity index (χ1n) is 4.08. The van der Waals surface area contributed by atoms with Crippen LogP contribution < -0.4 is 0 Å². The van der Waals surface area contributed by atoms with Crippen LogP contribution >= 0.6 is 0 Å². The number of ketones is 1.